The lowest BCUT2D eigenvalue weighted by atomic mass is 10.1. The van der Waals surface area contributed by atoms with Crippen molar-refractivity contribution >= 4 is 23.3 Å². The molecule has 2 heterocycles. The second-order valence-electron chi connectivity index (χ2n) is 4.89. The molecule has 0 radical (unpaired) electrons. The first-order valence-electron chi connectivity index (χ1n) is 7.02. The van der Waals surface area contributed by atoms with E-state index in [9.17, 15) is 4.79 Å². The molecule has 2 aromatic rings. The van der Waals surface area contributed by atoms with Crippen molar-refractivity contribution in [1.82, 2.24) is 4.90 Å². The molecule has 0 spiro atoms. The van der Waals surface area contributed by atoms with E-state index in [1.807, 2.05) is 53.6 Å². The van der Waals surface area contributed by atoms with E-state index in [1.54, 1.807) is 11.3 Å². The maximum absolute atomic E-state index is 12.6. The van der Waals surface area contributed by atoms with E-state index in [-0.39, 0.29) is 5.91 Å². The summed E-state index contributed by atoms with van der Waals surface area (Å²) in [4.78, 5) is 15.7. The molecule has 0 atom stereocenters. The quantitative estimate of drug-likeness (QED) is 0.863. The Morgan fingerprint density at radius 2 is 2.14 bits per heavy atom. The van der Waals surface area contributed by atoms with Crippen LogP contribution in [0, 0.1) is 0 Å². The minimum Gasteiger partial charge on any atom is -0.488 e. The minimum atomic E-state index is 0.0559. The molecule has 0 aliphatic carbocycles. The maximum atomic E-state index is 12.6. The third-order valence-electron chi connectivity index (χ3n) is 3.50. The zero-order valence-corrected chi connectivity index (χ0v) is 12.7. The van der Waals surface area contributed by atoms with Gasteiger partial charge in [-0.15, -0.1) is 11.3 Å². The molecule has 0 bridgehead atoms. The van der Waals surface area contributed by atoms with Crippen LogP contribution in [-0.4, -0.2) is 24.0 Å². The molecule has 1 aliphatic heterocycles. The molecule has 21 heavy (non-hydrogen) atoms. The molecule has 1 aliphatic rings. The fourth-order valence-electron chi connectivity index (χ4n) is 2.36. The molecule has 108 valence electrons. The van der Waals surface area contributed by atoms with Crippen LogP contribution in [0.15, 0.2) is 47.4 Å². The van der Waals surface area contributed by atoms with Gasteiger partial charge in [-0.25, -0.2) is 0 Å². The van der Waals surface area contributed by atoms with Crippen LogP contribution in [0.1, 0.15) is 17.4 Å². The van der Waals surface area contributed by atoms with Crippen molar-refractivity contribution in [2.24, 2.45) is 0 Å². The Bertz CT molecular complexity index is 661. The number of para-hydroxylation sites is 1. The topological polar surface area (TPSA) is 29.5 Å². The number of rotatable bonds is 4. The SMILES string of the molecule is CCN(Cc1cccs1)C(=O)C1=Cc2ccccc2OC1. The van der Waals surface area contributed by atoms with Gasteiger partial charge in [0.25, 0.3) is 5.91 Å². The Labute approximate surface area is 128 Å². The number of ether oxygens (including phenoxy) is 1. The highest BCUT2D eigenvalue weighted by Crippen LogP contribution is 2.26. The number of hydrogen-bond acceptors (Lipinski definition) is 3. The van der Waals surface area contributed by atoms with Crippen LogP contribution in [0.3, 0.4) is 0 Å². The van der Waals surface area contributed by atoms with Crippen molar-refractivity contribution in [3.8, 4) is 5.75 Å². The summed E-state index contributed by atoms with van der Waals surface area (Å²) >= 11 is 1.67. The highest BCUT2D eigenvalue weighted by molar-refractivity contribution is 7.09. The summed E-state index contributed by atoms with van der Waals surface area (Å²) < 4.78 is 5.67. The van der Waals surface area contributed by atoms with Crippen LogP contribution in [0.25, 0.3) is 6.08 Å². The number of nitrogens with zero attached hydrogens (tertiary/aromatic N) is 1. The summed E-state index contributed by atoms with van der Waals surface area (Å²) in [5.74, 6) is 0.899. The Morgan fingerprint density at radius 1 is 1.29 bits per heavy atom. The summed E-state index contributed by atoms with van der Waals surface area (Å²) in [7, 11) is 0. The molecule has 1 aromatic carbocycles. The minimum absolute atomic E-state index is 0.0559. The average molecular weight is 299 g/mol. The standard InChI is InChI=1S/C17H17NO2S/c1-2-18(11-15-7-5-9-21-15)17(19)14-10-13-6-3-4-8-16(13)20-12-14/h3-10H,2,11-12H2,1H3. The van der Waals surface area contributed by atoms with Gasteiger partial charge in [0.05, 0.1) is 12.1 Å². The van der Waals surface area contributed by atoms with E-state index in [1.165, 1.54) is 4.88 Å². The molecule has 0 saturated carbocycles. The van der Waals surface area contributed by atoms with Crippen molar-refractivity contribution in [3.05, 3.63) is 57.8 Å². The molecule has 0 saturated heterocycles. The van der Waals surface area contributed by atoms with E-state index in [2.05, 4.69) is 6.07 Å². The lowest BCUT2D eigenvalue weighted by Crippen LogP contribution is -2.33. The van der Waals surface area contributed by atoms with Crippen molar-refractivity contribution < 1.29 is 9.53 Å². The highest BCUT2D eigenvalue weighted by Gasteiger charge is 2.21. The molecule has 0 N–H and O–H groups in total. The smallest absolute Gasteiger partial charge is 0.253 e. The molecular formula is C17H17NO2S. The van der Waals surface area contributed by atoms with Gasteiger partial charge >= 0.3 is 0 Å². The van der Waals surface area contributed by atoms with E-state index in [0.29, 0.717) is 25.3 Å². The Morgan fingerprint density at radius 3 is 2.90 bits per heavy atom. The van der Waals surface area contributed by atoms with Crippen molar-refractivity contribution in [3.63, 3.8) is 0 Å². The Balaban J connectivity index is 1.79. The lowest BCUT2D eigenvalue weighted by Gasteiger charge is -2.24. The molecule has 1 aromatic heterocycles. The first-order valence-corrected chi connectivity index (χ1v) is 7.90. The molecule has 3 rings (SSSR count). The number of hydrogen-bond donors (Lipinski definition) is 0. The number of likely N-dealkylation sites (N-methyl/N-ethyl adjacent to an activating group) is 1. The normalized spacial score (nSPS) is 13.1. The van der Waals surface area contributed by atoms with E-state index >= 15 is 0 Å². The Hall–Kier alpha value is -2.07. The van der Waals surface area contributed by atoms with Gasteiger partial charge in [-0.05, 0) is 30.5 Å². The summed E-state index contributed by atoms with van der Waals surface area (Å²) in [6.45, 7) is 3.70. The summed E-state index contributed by atoms with van der Waals surface area (Å²) in [6.07, 6.45) is 1.94. The predicted molar refractivity (Wildman–Crippen MR) is 85.3 cm³/mol. The molecule has 0 fully saturated rings. The van der Waals surface area contributed by atoms with Crippen molar-refractivity contribution in [2.45, 2.75) is 13.5 Å². The number of fused-ring (bicyclic) bond motifs is 1. The fraction of sp³-hybridized carbons (Fsp3) is 0.235. The van der Waals surface area contributed by atoms with Gasteiger partial charge in [0, 0.05) is 17.0 Å². The second kappa shape index (κ2) is 6.14. The number of carbonyl (C=O) groups is 1. The Kier molecular flexibility index (Phi) is 4.06. The zero-order chi connectivity index (χ0) is 14.7. The van der Waals surface area contributed by atoms with Gasteiger partial charge in [0.15, 0.2) is 0 Å². The van der Waals surface area contributed by atoms with Crippen molar-refractivity contribution in [1.29, 1.82) is 0 Å². The van der Waals surface area contributed by atoms with E-state index < -0.39 is 0 Å². The van der Waals surface area contributed by atoms with Crippen LogP contribution in [0.5, 0.6) is 5.75 Å². The number of carbonyl (C=O) groups excluding carboxylic acids is 1. The number of thiophene rings is 1. The molecule has 0 unspecified atom stereocenters. The predicted octanol–water partition coefficient (Wildman–Crippen LogP) is 3.57. The fourth-order valence-corrected chi connectivity index (χ4v) is 3.08. The van der Waals surface area contributed by atoms with Crippen LogP contribution >= 0.6 is 11.3 Å². The first-order chi connectivity index (χ1) is 10.3. The van der Waals surface area contributed by atoms with Crippen LogP contribution in [0.2, 0.25) is 0 Å². The van der Waals surface area contributed by atoms with Gasteiger partial charge in [-0.1, -0.05) is 24.3 Å². The maximum Gasteiger partial charge on any atom is 0.253 e. The van der Waals surface area contributed by atoms with E-state index in [0.717, 1.165) is 11.3 Å². The summed E-state index contributed by atoms with van der Waals surface area (Å²) in [5.41, 5.74) is 1.69. The van der Waals surface area contributed by atoms with Crippen LogP contribution in [-0.2, 0) is 11.3 Å². The van der Waals surface area contributed by atoms with Crippen LogP contribution in [0.4, 0.5) is 0 Å². The van der Waals surface area contributed by atoms with Gasteiger partial charge in [0.2, 0.25) is 0 Å². The van der Waals surface area contributed by atoms with Gasteiger partial charge in [-0.3, -0.25) is 4.79 Å². The summed E-state index contributed by atoms with van der Waals surface area (Å²) in [5, 5.41) is 2.03. The zero-order valence-electron chi connectivity index (χ0n) is 11.9. The lowest BCUT2D eigenvalue weighted by molar-refractivity contribution is -0.127. The average Bonchev–Trinajstić information content (AvgIpc) is 3.04. The third kappa shape index (κ3) is 3.00. The molecule has 1 amide bonds. The molecule has 4 heteroatoms. The van der Waals surface area contributed by atoms with Gasteiger partial charge in [0.1, 0.15) is 12.4 Å². The largest absolute Gasteiger partial charge is 0.488 e. The monoisotopic (exact) mass is 299 g/mol. The number of benzene rings is 1. The summed E-state index contributed by atoms with van der Waals surface area (Å²) in [6, 6.07) is 11.9. The van der Waals surface area contributed by atoms with Gasteiger partial charge < -0.3 is 9.64 Å². The number of amides is 1. The van der Waals surface area contributed by atoms with Gasteiger partial charge in [-0.2, -0.15) is 0 Å². The third-order valence-corrected chi connectivity index (χ3v) is 4.36. The van der Waals surface area contributed by atoms with Crippen LogP contribution < -0.4 is 4.74 Å². The highest BCUT2D eigenvalue weighted by atomic mass is 32.1. The molecular weight excluding hydrogens is 282 g/mol. The second-order valence-corrected chi connectivity index (χ2v) is 5.93. The first kappa shape index (κ1) is 13.9. The van der Waals surface area contributed by atoms with E-state index in [4.69, 9.17) is 4.74 Å². The van der Waals surface area contributed by atoms with Crippen molar-refractivity contribution in [2.75, 3.05) is 13.2 Å². The molecule has 3 nitrogen and oxygen atoms in total.